The standard InChI is InChI=1S/C10H16O2/c1-5-6-10(3,9(2)11)7-8-12-4/h5,7-8H,1,6H2,2-4H3/b8-7+. The maximum Gasteiger partial charge on any atom is 0.139 e. The van der Waals surface area contributed by atoms with Gasteiger partial charge in [-0.25, -0.2) is 0 Å². The molecule has 0 bridgehead atoms. The number of ketones is 1. The zero-order chi connectivity index (χ0) is 9.61. The van der Waals surface area contributed by atoms with Crippen molar-refractivity contribution in [2.45, 2.75) is 20.3 Å². The van der Waals surface area contributed by atoms with Gasteiger partial charge < -0.3 is 4.74 Å². The molecule has 2 nitrogen and oxygen atoms in total. The van der Waals surface area contributed by atoms with Gasteiger partial charge in [0.15, 0.2) is 0 Å². The van der Waals surface area contributed by atoms with Crippen LogP contribution in [0.4, 0.5) is 0 Å². The zero-order valence-corrected chi connectivity index (χ0v) is 7.96. The first-order valence-corrected chi connectivity index (χ1v) is 3.89. The Kier molecular flexibility index (Phi) is 4.34. The monoisotopic (exact) mass is 168 g/mol. The smallest absolute Gasteiger partial charge is 0.139 e. The van der Waals surface area contributed by atoms with Crippen LogP contribution in [0.2, 0.25) is 0 Å². The highest BCUT2D eigenvalue weighted by molar-refractivity contribution is 5.84. The number of ether oxygens (including phenoxy) is 1. The third-order valence-electron chi connectivity index (χ3n) is 1.94. The Morgan fingerprint density at radius 2 is 2.25 bits per heavy atom. The molecule has 0 heterocycles. The number of carbonyl (C=O) groups excluding carboxylic acids is 1. The van der Waals surface area contributed by atoms with E-state index in [9.17, 15) is 4.79 Å². The minimum atomic E-state index is -0.461. The normalized spacial score (nSPS) is 15.6. The van der Waals surface area contributed by atoms with Crippen molar-refractivity contribution in [1.82, 2.24) is 0 Å². The number of hydrogen-bond donors (Lipinski definition) is 0. The largest absolute Gasteiger partial charge is 0.505 e. The van der Waals surface area contributed by atoms with E-state index in [0.717, 1.165) is 0 Å². The molecule has 0 aromatic heterocycles. The zero-order valence-electron chi connectivity index (χ0n) is 7.96. The highest BCUT2D eigenvalue weighted by Crippen LogP contribution is 2.24. The Labute approximate surface area is 73.9 Å². The number of methoxy groups -OCH3 is 1. The lowest BCUT2D eigenvalue weighted by atomic mass is 9.83. The van der Waals surface area contributed by atoms with Crippen LogP contribution in [-0.4, -0.2) is 12.9 Å². The van der Waals surface area contributed by atoms with Gasteiger partial charge in [-0.3, -0.25) is 4.79 Å². The second-order valence-corrected chi connectivity index (χ2v) is 3.00. The summed E-state index contributed by atoms with van der Waals surface area (Å²) in [6.45, 7) is 7.05. The number of allylic oxidation sites excluding steroid dienone is 2. The predicted molar refractivity (Wildman–Crippen MR) is 49.8 cm³/mol. The highest BCUT2D eigenvalue weighted by atomic mass is 16.5. The fourth-order valence-corrected chi connectivity index (χ4v) is 0.847. The Balaban J connectivity index is 4.49. The fourth-order valence-electron chi connectivity index (χ4n) is 0.847. The summed E-state index contributed by atoms with van der Waals surface area (Å²) in [5.41, 5.74) is -0.461. The molecule has 0 amide bonds. The minimum Gasteiger partial charge on any atom is -0.505 e. The van der Waals surface area contributed by atoms with E-state index in [2.05, 4.69) is 6.58 Å². The van der Waals surface area contributed by atoms with Crippen molar-refractivity contribution < 1.29 is 9.53 Å². The fraction of sp³-hybridized carbons (Fsp3) is 0.500. The van der Waals surface area contributed by atoms with E-state index in [4.69, 9.17) is 4.74 Å². The number of Topliss-reactive ketones (excluding diaryl/α,β-unsaturated/α-hetero) is 1. The van der Waals surface area contributed by atoms with Crippen LogP contribution < -0.4 is 0 Å². The summed E-state index contributed by atoms with van der Waals surface area (Å²) in [6, 6.07) is 0. The lowest BCUT2D eigenvalue weighted by Crippen LogP contribution is -2.21. The van der Waals surface area contributed by atoms with Crippen molar-refractivity contribution in [3.8, 4) is 0 Å². The van der Waals surface area contributed by atoms with Crippen LogP contribution in [0, 0.1) is 5.41 Å². The maximum atomic E-state index is 11.2. The van der Waals surface area contributed by atoms with Crippen LogP contribution in [0.5, 0.6) is 0 Å². The van der Waals surface area contributed by atoms with Gasteiger partial charge in [-0.2, -0.15) is 0 Å². The van der Waals surface area contributed by atoms with Crippen LogP contribution in [0.3, 0.4) is 0 Å². The van der Waals surface area contributed by atoms with E-state index in [1.54, 1.807) is 26.2 Å². The maximum absolute atomic E-state index is 11.2. The van der Waals surface area contributed by atoms with Crippen LogP contribution in [0.1, 0.15) is 20.3 Å². The van der Waals surface area contributed by atoms with Gasteiger partial charge in [-0.15, -0.1) is 6.58 Å². The molecule has 1 unspecified atom stereocenters. The van der Waals surface area contributed by atoms with E-state index >= 15 is 0 Å². The Hall–Kier alpha value is -1.05. The van der Waals surface area contributed by atoms with E-state index in [-0.39, 0.29) is 5.78 Å². The molecule has 1 atom stereocenters. The van der Waals surface area contributed by atoms with Gasteiger partial charge in [0, 0.05) is 0 Å². The molecule has 2 heteroatoms. The highest BCUT2D eigenvalue weighted by Gasteiger charge is 2.24. The molecule has 0 radical (unpaired) electrons. The quantitative estimate of drug-likeness (QED) is 0.465. The molecule has 0 aromatic rings. The summed E-state index contributed by atoms with van der Waals surface area (Å²) in [5.74, 6) is 0.121. The first-order chi connectivity index (χ1) is 5.56. The van der Waals surface area contributed by atoms with Crippen molar-refractivity contribution in [2.75, 3.05) is 7.11 Å². The summed E-state index contributed by atoms with van der Waals surface area (Å²) < 4.78 is 4.77. The molecule has 68 valence electrons. The van der Waals surface area contributed by atoms with Crippen LogP contribution in [0.25, 0.3) is 0 Å². The molecule has 0 fully saturated rings. The lowest BCUT2D eigenvalue weighted by Gasteiger charge is -2.19. The van der Waals surface area contributed by atoms with E-state index in [0.29, 0.717) is 6.42 Å². The molecule has 0 spiro atoms. The van der Waals surface area contributed by atoms with Crippen molar-refractivity contribution in [1.29, 1.82) is 0 Å². The van der Waals surface area contributed by atoms with E-state index in [1.807, 2.05) is 6.92 Å². The number of carbonyl (C=O) groups is 1. The van der Waals surface area contributed by atoms with Crippen molar-refractivity contribution in [2.24, 2.45) is 5.41 Å². The van der Waals surface area contributed by atoms with Gasteiger partial charge in [-0.05, 0) is 26.3 Å². The summed E-state index contributed by atoms with van der Waals surface area (Å²) in [5, 5.41) is 0. The van der Waals surface area contributed by atoms with Gasteiger partial charge in [0.25, 0.3) is 0 Å². The molecular weight excluding hydrogens is 152 g/mol. The van der Waals surface area contributed by atoms with Crippen molar-refractivity contribution >= 4 is 5.78 Å². The third kappa shape index (κ3) is 2.91. The molecule has 0 N–H and O–H groups in total. The Morgan fingerprint density at radius 3 is 2.58 bits per heavy atom. The summed E-state index contributed by atoms with van der Waals surface area (Å²) in [7, 11) is 1.56. The summed E-state index contributed by atoms with van der Waals surface area (Å²) >= 11 is 0. The van der Waals surface area contributed by atoms with Crippen LogP contribution >= 0.6 is 0 Å². The SMILES string of the molecule is C=CCC(C)(/C=C/OC)C(C)=O. The van der Waals surface area contributed by atoms with Crippen LogP contribution in [0.15, 0.2) is 25.0 Å². The molecule has 0 saturated heterocycles. The molecule has 12 heavy (non-hydrogen) atoms. The molecule has 0 rings (SSSR count). The molecule has 0 aliphatic carbocycles. The summed E-state index contributed by atoms with van der Waals surface area (Å²) in [4.78, 5) is 11.2. The molecule has 0 aliphatic rings. The number of hydrogen-bond acceptors (Lipinski definition) is 2. The molecule has 0 aliphatic heterocycles. The average molecular weight is 168 g/mol. The Morgan fingerprint density at radius 1 is 1.67 bits per heavy atom. The topological polar surface area (TPSA) is 26.3 Å². The third-order valence-corrected chi connectivity index (χ3v) is 1.94. The lowest BCUT2D eigenvalue weighted by molar-refractivity contribution is -0.123. The predicted octanol–water partition coefficient (Wildman–Crippen LogP) is 2.32. The van der Waals surface area contributed by atoms with Gasteiger partial charge >= 0.3 is 0 Å². The first-order valence-electron chi connectivity index (χ1n) is 3.89. The summed E-state index contributed by atoms with van der Waals surface area (Å²) in [6.07, 6.45) is 5.67. The molecular formula is C10H16O2. The van der Waals surface area contributed by atoms with Gasteiger partial charge in [0.05, 0.1) is 18.8 Å². The van der Waals surface area contributed by atoms with Gasteiger partial charge in [0.2, 0.25) is 0 Å². The van der Waals surface area contributed by atoms with Crippen molar-refractivity contribution in [3.05, 3.63) is 25.0 Å². The molecule has 0 aromatic carbocycles. The average Bonchev–Trinajstić information content (AvgIpc) is 2.01. The first kappa shape index (κ1) is 11.0. The second kappa shape index (κ2) is 4.75. The molecule has 0 saturated carbocycles. The second-order valence-electron chi connectivity index (χ2n) is 3.00. The van der Waals surface area contributed by atoms with Gasteiger partial charge in [0.1, 0.15) is 5.78 Å². The van der Waals surface area contributed by atoms with Gasteiger partial charge in [-0.1, -0.05) is 6.08 Å². The number of rotatable bonds is 5. The van der Waals surface area contributed by atoms with E-state index in [1.165, 1.54) is 6.26 Å². The van der Waals surface area contributed by atoms with E-state index < -0.39 is 5.41 Å². The minimum absolute atomic E-state index is 0.121. The van der Waals surface area contributed by atoms with Crippen molar-refractivity contribution in [3.63, 3.8) is 0 Å². The Bertz CT molecular complexity index is 194. The van der Waals surface area contributed by atoms with Crippen LogP contribution in [-0.2, 0) is 9.53 Å².